The molecule has 3 N–H and O–H groups in total. The van der Waals surface area contributed by atoms with Crippen molar-refractivity contribution < 1.29 is 9.59 Å². The molecule has 0 unspecified atom stereocenters. The lowest BCUT2D eigenvalue weighted by molar-refractivity contribution is -0.118. The Labute approximate surface area is 53.2 Å². The van der Waals surface area contributed by atoms with Gasteiger partial charge in [0.15, 0.2) is 0 Å². The fourth-order valence-electron chi connectivity index (χ4n) is 0.346. The molecule has 0 aromatic heterocycles. The van der Waals surface area contributed by atoms with E-state index in [9.17, 15) is 9.59 Å². The highest BCUT2D eigenvalue weighted by atomic mass is 16.1. The van der Waals surface area contributed by atoms with Crippen LogP contribution in [0.5, 0.6) is 0 Å². The molecule has 0 aliphatic heterocycles. The first-order valence-electron chi connectivity index (χ1n) is 2.54. The summed E-state index contributed by atoms with van der Waals surface area (Å²) in [6.45, 7) is 0. The van der Waals surface area contributed by atoms with Gasteiger partial charge in [-0.25, -0.2) is 5.73 Å². The van der Waals surface area contributed by atoms with Gasteiger partial charge in [0.25, 0.3) is 0 Å². The zero-order chi connectivity index (χ0) is 7.28. The van der Waals surface area contributed by atoms with Gasteiger partial charge in [0.1, 0.15) is 0 Å². The second kappa shape index (κ2) is 4.03. The molecule has 0 bridgehead atoms. The number of amides is 1. The van der Waals surface area contributed by atoms with E-state index < -0.39 is 11.9 Å². The van der Waals surface area contributed by atoms with Crippen molar-refractivity contribution in [3.63, 3.8) is 0 Å². The van der Waals surface area contributed by atoms with Crippen molar-refractivity contribution in [3.05, 3.63) is 0 Å². The highest BCUT2D eigenvalue weighted by molar-refractivity contribution is 5.74. The molecule has 9 heavy (non-hydrogen) atoms. The highest BCUT2D eigenvalue weighted by Crippen LogP contribution is 1.90. The summed E-state index contributed by atoms with van der Waals surface area (Å²) in [5.74, 6) is -0.484. The first kappa shape index (κ1) is 8.10. The smallest absolute Gasteiger partial charge is 0.218 e. The van der Waals surface area contributed by atoms with Gasteiger partial charge in [0, 0.05) is 6.42 Å². The quantitative estimate of drug-likeness (QED) is 0.527. The predicted molar refractivity (Wildman–Crippen MR) is 31.0 cm³/mol. The topological polar surface area (TPSA) is 84.0 Å². The molecule has 0 saturated heterocycles. The van der Waals surface area contributed by atoms with E-state index in [1.165, 1.54) is 6.29 Å². The summed E-state index contributed by atoms with van der Waals surface area (Å²) in [7, 11) is 0. The van der Waals surface area contributed by atoms with Crippen molar-refractivity contribution in [1.29, 1.82) is 0 Å². The van der Waals surface area contributed by atoms with Crippen LogP contribution in [0.25, 0.3) is 0 Å². The van der Waals surface area contributed by atoms with Crippen LogP contribution in [0, 0.1) is 0 Å². The van der Waals surface area contributed by atoms with Gasteiger partial charge in [-0.1, -0.05) is 0 Å². The first-order valence-corrected chi connectivity index (χ1v) is 2.54. The number of hydrogen-bond acceptors (Lipinski definition) is 2. The molecule has 50 valence electrons. The molecular formula is C5H8N2O2. The molecule has 1 amide bonds. The molecule has 4 heteroatoms. The van der Waals surface area contributed by atoms with Gasteiger partial charge < -0.3 is 5.73 Å². The summed E-state index contributed by atoms with van der Waals surface area (Å²) in [6.07, 6.45) is 1.70. The third-order valence-corrected chi connectivity index (χ3v) is 0.822. The predicted octanol–water partition coefficient (Wildman–Crippen LogP) is -0.987. The molecule has 0 aromatic rings. The number of nitrogens with two attached hydrogens (primary N) is 1. The first-order chi connectivity index (χ1) is 4.16. The number of hydrogen-bond donors (Lipinski definition) is 1. The standard InChI is InChI=1S/C5H8N2O2/c6-4(3-8)1-2-5(7)9/h4,6H,1-2H2,(H2,7,9)/t4-/m0/s1. The maximum atomic E-state index is 10.0. The molecule has 0 rings (SSSR count). The van der Waals surface area contributed by atoms with E-state index in [1.54, 1.807) is 0 Å². The van der Waals surface area contributed by atoms with Crippen LogP contribution in [-0.4, -0.2) is 18.2 Å². The van der Waals surface area contributed by atoms with Gasteiger partial charge >= 0.3 is 0 Å². The van der Waals surface area contributed by atoms with Crippen molar-refractivity contribution in [2.75, 3.05) is 0 Å². The fourth-order valence-corrected chi connectivity index (χ4v) is 0.346. The Bertz CT molecular complexity index is 114. The second-order valence-electron chi connectivity index (χ2n) is 1.68. The molecular weight excluding hydrogens is 120 g/mol. The van der Waals surface area contributed by atoms with Crippen molar-refractivity contribution in [2.24, 2.45) is 5.73 Å². The molecule has 1 atom stereocenters. The summed E-state index contributed by atoms with van der Waals surface area (Å²) in [6, 6.07) is -0.919. The number of carbonyl (C=O) groups excluding carboxylic acids is 2. The molecule has 0 heterocycles. The van der Waals surface area contributed by atoms with E-state index in [0.717, 1.165) is 0 Å². The number of nitrogens with one attached hydrogen (secondary N) is 1. The van der Waals surface area contributed by atoms with Crippen LogP contribution >= 0.6 is 0 Å². The lowest BCUT2D eigenvalue weighted by Crippen LogP contribution is -2.17. The van der Waals surface area contributed by atoms with E-state index in [4.69, 9.17) is 11.5 Å². The number of carbonyl (C=O) groups is 1. The van der Waals surface area contributed by atoms with Gasteiger partial charge in [0.2, 0.25) is 12.2 Å². The van der Waals surface area contributed by atoms with Crippen molar-refractivity contribution >= 4 is 12.2 Å². The van der Waals surface area contributed by atoms with Gasteiger partial charge in [0.05, 0.1) is 6.04 Å². The molecule has 2 radical (unpaired) electrons. The van der Waals surface area contributed by atoms with E-state index in [2.05, 4.69) is 0 Å². The Morgan fingerprint density at radius 3 is 2.67 bits per heavy atom. The summed E-state index contributed by atoms with van der Waals surface area (Å²) in [5, 5.41) is 0. The largest absolute Gasteiger partial charge is 0.370 e. The normalized spacial score (nSPS) is 12.6. The van der Waals surface area contributed by atoms with E-state index in [0.29, 0.717) is 0 Å². The molecule has 0 aliphatic carbocycles. The molecule has 0 saturated carbocycles. The van der Waals surface area contributed by atoms with E-state index >= 15 is 0 Å². The third kappa shape index (κ3) is 4.96. The average molecular weight is 128 g/mol. The van der Waals surface area contributed by atoms with Gasteiger partial charge in [-0.05, 0) is 6.42 Å². The molecule has 0 aliphatic rings. The van der Waals surface area contributed by atoms with Crippen LogP contribution in [0.4, 0.5) is 0 Å². The van der Waals surface area contributed by atoms with Gasteiger partial charge in [-0.2, -0.15) is 0 Å². The fraction of sp³-hybridized carbons (Fsp3) is 0.600. The van der Waals surface area contributed by atoms with Gasteiger partial charge in [-0.15, -0.1) is 0 Å². The van der Waals surface area contributed by atoms with Gasteiger partial charge in [-0.3, -0.25) is 9.59 Å². The Kier molecular flexibility index (Phi) is 3.62. The molecule has 0 spiro atoms. The minimum absolute atomic E-state index is 0.0867. The van der Waals surface area contributed by atoms with Crippen LogP contribution in [0.1, 0.15) is 12.8 Å². The lowest BCUT2D eigenvalue weighted by Gasteiger charge is -1.95. The SMILES string of the molecule is [NH][C@H]([C]=O)CCC(N)=O. The van der Waals surface area contributed by atoms with Crippen LogP contribution in [0.3, 0.4) is 0 Å². The summed E-state index contributed by atoms with van der Waals surface area (Å²) < 4.78 is 0. The Morgan fingerprint density at radius 2 is 2.33 bits per heavy atom. The molecule has 0 fully saturated rings. The number of primary amides is 1. The van der Waals surface area contributed by atoms with Crippen molar-refractivity contribution in [1.82, 2.24) is 5.73 Å². The summed E-state index contributed by atoms with van der Waals surface area (Å²) >= 11 is 0. The Balaban J connectivity index is 3.26. The Morgan fingerprint density at radius 1 is 1.78 bits per heavy atom. The number of rotatable bonds is 4. The summed E-state index contributed by atoms with van der Waals surface area (Å²) in [4.78, 5) is 19.7. The van der Waals surface area contributed by atoms with Crippen LogP contribution in [0.15, 0.2) is 0 Å². The third-order valence-electron chi connectivity index (χ3n) is 0.822. The van der Waals surface area contributed by atoms with E-state index in [-0.39, 0.29) is 12.8 Å². The van der Waals surface area contributed by atoms with E-state index in [1.807, 2.05) is 0 Å². The minimum Gasteiger partial charge on any atom is -0.370 e. The average Bonchev–Trinajstić information content (AvgIpc) is 1.83. The maximum absolute atomic E-state index is 10.0. The summed E-state index contributed by atoms with van der Waals surface area (Å²) in [5.41, 5.74) is 11.5. The molecule has 4 nitrogen and oxygen atoms in total. The Hall–Kier alpha value is -0.900. The van der Waals surface area contributed by atoms with Crippen LogP contribution < -0.4 is 11.5 Å². The maximum Gasteiger partial charge on any atom is 0.218 e. The second-order valence-corrected chi connectivity index (χ2v) is 1.68. The van der Waals surface area contributed by atoms with Crippen molar-refractivity contribution in [2.45, 2.75) is 18.9 Å². The van der Waals surface area contributed by atoms with Crippen LogP contribution in [-0.2, 0) is 9.59 Å². The van der Waals surface area contributed by atoms with Crippen LogP contribution in [0.2, 0.25) is 0 Å². The zero-order valence-electron chi connectivity index (χ0n) is 4.89. The highest BCUT2D eigenvalue weighted by Gasteiger charge is 2.03. The molecule has 0 aromatic carbocycles. The lowest BCUT2D eigenvalue weighted by atomic mass is 10.2. The van der Waals surface area contributed by atoms with Crippen molar-refractivity contribution in [3.8, 4) is 0 Å². The zero-order valence-corrected chi connectivity index (χ0v) is 4.89. The monoisotopic (exact) mass is 128 g/mol. The minimum atomic E-state index is -0.919.